The molecule has 0 bridgehead atoms. The topological polar surface area (TPSA) is 52.6 Å². The van der Waals surface area contributed by atoms with Crippen LogP contribution in [0.15, 0.2) is 24.3 Å². The van der Waals surface area contributed by atoms with Crippen LogP contribution in [-0.2, 0) is 30.5 Å². The summed E-state index contributed by atoms with van der Waals surface area (Å²) < 4.78 is 32.3. The molecule has 0 atom stereocenters. The van der Waals surface area contributed by atoms with Crippen LogP contribution in [0.2, 0.25) is 0 Å². The van der Waals surface area contributed by atoms with Gasteiger partial charge in [0.15, 0.2) is 8.46 Å². The molecule has 0 saturated carbocycles. The normalized spacial score (nSPS) is 11.9. The number of hydrogen-bond acceptors (Lipinski definition) is 4. The van der Waals surface area contributed by atoms with Gasteiger partial charge in [-0.15, -0.1) is 0 Å². The van der Waals surface area contributed by atoms with Gasteiger partial charge in [0.2, 0.25) is 0 Å². The van der Waals surface area contributed by atoms with E-state index >= 15 is 0 Å². The van der Waals surface area contributed by atoms with Gasteiger partial charge in [-0.3, -0.25) is 9.13 Å². The van der Waals surface area contributed by atoms with Crippen LogP contribution in [0.3, 0.4) is 0 Å². The quantitative estimate of drug-likeness (QED) is 0.735. The van der Waals surface area contributed by atoms with Gasteiger partial charge in [-0.05, 0) is 11.1 Å². The van der Waals surface area contributed by atoms with E-state index in [9.17, 15) is 9.13 Å². The van der Waals surface area contributed by atoms with Crippen molar-refractivity contribution in [1.29, 1.82) is 0 Å². The fourth-order valence-electron chi connectivity index (χ4n) is 1.35. The molecule has 0 aromatic heterocycles. The number of hydrogen-bond donors (Lipinski definition) is 0. The van der Waals surface area contributed by atoms with Crippen molar-refractivity contribution < 1.29 is 18.2 Å². The summed E-state index contributed by atoms with van der Waals surface area (Å²) in [4.78, 5) is 0. The summed E-state index contributed by atoms with van der Waals surface area (Å²) in [5.41, 5.74) is 1.74. The van der Waals surface area contributed by atoms with Gasteiger partial charge in [0.1, 0.15) is 0 Å². The summed E-state index contributed by atoms with van der Waals surface area (Å²) in [7, 11) is -0.296. The van der Waals surface area contributed by atoms with Crippen molar-refractivity contribution in [2.24, 2.45) is 0 Å². The maximum Gasteiger partial charge on any atom is 0.334 e. The van der Waals surface area contributed by atoms with Crippen LogP contribution >= 0.6 is 16.1 Å². The predicted molar refractivity (Wildman–Crippen MR) is 63.1 cm³/mol. The Labute approximate surface area is 96.7 Å². The Morgan fingerprint density at radius 3 is 2.25 bits per heavy atom. The second-order valence-electron chi connectivity index (χ2n) is 3.19. The molecule has 0 heterocycles. The first-order chi connectivity index (χ1) is 7.65. The second-order valence-corrected chi connectivity index (χ2v) is 6.03. The lowest BCUT2D eigenvalue weighted by molar-refractivity contribution is 0.274. The Balaban J connectivity index is 2.95. The Kier molecular flexibility index (Phi) is 5.30. The van der Waals surface area contributed by atoms with Crippen molar-refractivity contribution in [1.82, 2.24) is 0 Å². The molecule has 4 nitrogen and oxygen atoms in total. The molecular weight excluding hydrogens is 246 g/mol. The molecule has 0 fully saturated rings. The van der Waals surface area contributed by atoms with Crippen LogP contribution < -0.4 is 0 Å². The minimum absolute atomic E-state index is 0.0434. The Hall–Kier alpha value is -0.530. The molecular formula is C10H14O4P2. The third-order valence-corrected chi connectivity index (χ3v) is 4.58. The fraction of sp³-hybridized carbons (Fsp3) is 0.400. The molecule has 1 aromatic rings. The molecule has 88 valence electrons. The average Bonchev–Trinajstić information content (AvgIpc) is 2.32. The molecule has 0 unspecified atom stereocenters. The summed E-state index contributed by atoms with van der Waals surface area (Å²) in [6.07, 6.45) is 0.606. The number of rotatable bonds is 6. The highest BCUT2D eigenvalue weighted by Crippen LogP contribution is 2.50. The van der Waals surface area contributed by atoms with Crippen LogP contribution in [0.5, 0.6) is 0 Å². The maximum absolute atomic E-state index is 12.0. The van der Waals surface area contributed by atoms with E-state index < -0.39 is 7.60 Å². The van der Waals surface area contributed by atoms with Crippen LogP contribution in [0.25, 0.3) is 0 Å². The Morgan fingerprint density at radius 1 is 1.19 bits per heavy atom. The van der Waals surface area contributed by atoms with Crippen LogP contribution in [-0.4, -0.2) is 14.2 Å². The van der Waals surface area contributed by atoms with E-state index in [1.165, 1.54) is 14.2 Å². The van der Waals surface area contributed by atoms with Crippen LogP contribution in [0, 0.1) is 0 Å². The van der Waals surface area contributed by atoms with Gasteiger partial charge in [-0.1, -0.05) is 24.3 Å². The first kappa shape index (κ1) is 13.5. The average molecular weight is 260 g/mol. The van der Waals surface area contributed by atoms with Crippen LogP contribution in [0.4, 0.5) is 0 Å². The zero-order valence-corrected chi connectivity index (χ0v) is 11.0. The van der Waals surface area contributed by atoms with Gasteiger partial charge in [-0.2, -0.15) is 0 Å². The second kappa shape index (κ2) is 6.27. The summed E-state index contributed by atoms with van der Waals surface area (Å²) >= 11 is 0. The maximum atomic E-state index is 12.0. The predicted octanol–water partition coefficient (Wildman–Crippen LogP) is 3.46. The van der Waals surface area contributed by atoms with E-state index in [1.807, 2.05) is 24.3 Å². The minimum atomic E-state index is -3.06. The Bertz CT molecular complexity index is 398. The lowest BCUT2D eigenvalue weighted by Gasteiger charge is -2.15. The Morgan fingerprint density at radius 2 is 1.75 bits per heavy atom. The van der Waals surface area contributed by atoms with E-state index in [0.717, 1.165) is 11.1 Å². The lowest BCUT2D eigenvalue weighted by atomic mass is 10.1. The molecule has 0 radical (unpaired) electrons. The zero-order valence-electron chi connectivity index (χ0n) is 9.25. The summed E-state index contributed by atoms with van der Waals surface area (Å²) in [6, 6.07) is 7.39. The van der Waals surface area contributed by atoms with Crippen molar-refractivity contribution in [3.8, 4) is 0 Å². The third kappa shape index (κ3) is 3.50. The lowest BCUT2D eigenvalue weighted by Crippen LogP contribution is -1.96. The minimum Gasteiger partial charge on any atom is -0.312 e. The van der Waals surface area contributed by atoms with E-state index in [1.54, 1.807) is 0 Å². The van der Waals surface area contributed by atoms with Crippen molar-refractivity contribution in [3.63, 3.8) is 0 Å². The molecule has 0 saturated heterocycles. The summed E-state index contributed by atoms with van der Waals surface area (Å²) in [5.74, 6) is 0. The van der Waals surface area contributed by atoms with Gasteiger partial charge < -0.3 is 9.05 Å². The number of benzene rings is 1. The molecule has 0 aliphatic heterocycles. The first-order valence-corrected chi connectivity index (χ1v) is 7.44. The van der Waals surface area contributed by atoms with Crippen molar-refractivity contribution in [2.45, 2.75) is 12.3 Å². The molecule has 0 aliphatic rings. The molecule has 0 aliphatic carbocycles. The fourth-order valence-corrected chi connectivity index (χ4v) is 2.93. The van der Waals surface area contributed by atoms with E-state index in [4.69, 9.17) is 9.05 Å². The summed E-state index contributed by atoms with van der Waals surface area (Å²) in [6.45, 7) is 0. The molecule has 0 N–H and O–H groups in total. The molecule has 6 heteroatoms. The van der Waals surface area contributed by atoms with E-state index in [-0.39, 0.29) is 14.6 Å². The van der Waals surface area contributed by atoms with Gasteiger partial charge >= 0.3 is 7.60 Å². The van der Waals surface area contributed by atoms with Crippen molar-refractivity contribution >= 4 is 16.1 Å². The molecule has 1 aromatic carbocycles. The summed E-state index contributed by atoms with van der Waals surface area (Å²) in [5, 5.41) is 0. The highest BCUT2D eigenvalue weighted by atomic mass is 31.2. The van der Waals surface area contributed by atoms with E-state index in [0.29, 0.717) is 6.16 Å². The largest absolute Gasteiger partial charge is 0.334 e. The van der Waals surface area contributed by atoms with Gasteiger partial charge in [-0.25, -0.2) is 0 Å². The van der Waals surface area contributed by atoms with Crippen LogP contribution in [0.1, 0.15) is 11.1 Å². The van der Waals surface area contributed by atoms with E-state index in [2.05, 4.69) is 0 Å². The molecule has 0 amide bonds. The molecule has 16 heavy (non-hydrogen) atoms. The highest BCUT2D eigenvalue weighted by molar-refractivity contribution is 7.52. The van der Waals surface area contributed by atoms with Crippen molar-refractivity contribution in [3.05, 3.63) is 35.4 Å². The monoisotopic (exact) mass is 260 g/mol. The zero-order chi connectivity index (χ0) is 12.0. The van der Waals surface area contributed by atoms with Gasteiger partial charge in [0.05, 0.1) is 12.3 Å². The third-order valence-electron chi connectivity index (χ3n) is 2.27. The SMILES string of the molecule is COP(=O)(Cc1ccccc1CP=O)OC. The first-order valence-electron chi connectivity index (χ1n) is 4.71. The van der Waals surface area contributed by atoms with Crippen molar-refractivity contribution in [2.75, 3.05) is 14.2 Å². The van der Waals surface area contributed by atoms with Gasteiger partial charge in [0.25, 0.3) is 0 Å². The molecule has 0 spiro atoms. The molecule has 1 rings (SSSR count). The van der Waals surface area contributed by atoms with Gasteiger partial charge in [0, 0.05) is 14.2 Å². The standard InChI is InChI=1S/C10H14O4P2/c1-13-16(12,14-2)8-10-6-4-3-5-9(10)7-15-11/h3-6H,7-8H2,1-2H3. The highest BCUT2D eigenvalue weighted by Gasteiger charge is 2.22. The smallest absolute Gasteiger partial charge is 0.312 e.